The maximum absolute atomic E-state index is 14.1. The van der Waals surface area contributed by atoms with E-state index in [0.717, 1.165) is 31.3 Å². The number of tetrazole rings is 1. The summed E-state index contributed by atoms with van der Waals surface area (Å²) in [5, 5.41) is 33.8. The number of rotatable bonds is 26. The minimum absolute atomic E-state index is 0.0372. The van der Waals surface area contributed by atoms with E-state index in [0.29, 0.717) is 50.5 Å². The van der Waals surface area contributed by atoms with Crippen molar-refractivity contribution in [1.82, 2.24) is 25.1 Å². The smallest absolute Gasteiger partial charge is 0.329 e. The van der Waals surface area contributed by atoms with Gasteiger partial charge in [0.15, 0.2) is 18.4 Å². The van der Waals surface area contributed by atoms with Gasteiger partial charge in [-0.15, -0.1) is 10.2 Å². The van der Waals surface area contributed by atoms with Crippen molar-refractivity contribution in [3.63, 3.8) is 0 Å². The predicted molar refractivity (Wildman–Crippen MR) is 263 cm³/mol. The molecule has 0 aromatic carbocycles. The minimum atomic E-state index is -1.31. The maximum atomic E-state index is 14.1. The van der Waals surface area contributed by atoms with Gasteiger partial charge in [0.25, 0.3) is 5.91 Å². The van der Waals surface area contributed by atoms with Crippen LogP contribution in [0.1, 0.15) is 138 Å². The highest BCUT2D eigenvalue weighted by atomic mass is 16.6. The first-order valence-electron chi connectivity index (χ1n) is 25.4. The molecule has 70 heavy (non-hydrogen) atoms. The third-order valence-electron chi connectivity index (χ3n) is 14.7. The van der Waals surface area contributed by atoms with E-state index in [4.69, 9.17) is 23.7 Å². The van der Waals surface area contributed by atoms with Gasteiger partial charge in [-0.05, 0) is 112 Å². The Morgan fingerprint density at radius 1 is 0.900 bits per heavy atom. The second-order valence-corrected chi connectivity index (χ2v) is 20.4. The SMILES string of the molecule is COC1CC(C[C@@H](C)[C@H](CC(=O)C(C)/C=C(\C)[C@@H](O)C(OC)C(=O)C(C)C[C@H](C)/C=C/C=C/C=C(\C)[C@H](C[C@@H]2CCC(C)C(O)O2)OC)OC(=O)C2CCCCN2C(=O)C(C)=O)CCC1n1ncnn1. The molecule has 1 amide bonds. The van der Waals surface area contributed by atoms with E-state index >= 15 is 0 Å². The van der Waals surface area contributed by atoms with Crippen LogP contribution in [0.2, 0.25) is 0 Å². The number of esters is 1. The van der Waals surface area contributed by atoms with Crippen LogP contribution in [0.5, 0.6) is 0 Å². The van der Waals surface area contributed by atoms with Crippen LogP contribution in [-0.4, -0.2) is 141 Å². The van der Waals surface area contributed by atoms with E-state index in [1.807, 2.05) is 65.0 Å². The van der Waals surface area contributed by atoms with Gasteiger partial charge in [-0.1, -0.05) is 71.1 Å². The summed E-state index contributed by atoms with van der Waals surface area (Å²) in [6, 6.07) is -1.01. The van der Waals surface area contributed by atoms with E-state index in [1.54, 1.807) is 38.9 Å². The van der Waals surface area contributed by atoms with Crippen molar-refractivity contribution < 1.29 is 57.9 Å². The van der Waals surface area contributed by atoms with E-state index in [-0.39, 0.29) is 72.6 Å². The molecule has 2 saturated heterocycles. The Balaban J connectivity index is 1.38. The lowest BCUT2D eigenvalue weighted by Gasteiger charge is -2.37. The van der Waals surface area contributed by atoms with Gasteiger partial charge in [-0.25, -0.2) is 4.79 Å². The molecule has 392 valence electrons. The topological polar surface area (TPSA) is 219 Å². The van der Waals surface area contributed by atoms with Gasteiger partial charge in [-0.3, -0.25) is 19.2 Å². The van der Waals surface area contributed by atoms with Crippen molar-refractivity contribution in [2.24, 2.45) is 35.5 Å². The number of aliphatic hydroxyl groups is 2. The number of nitrogens with zero attached hydrogens (tertiary/aromatic N) is 5. The quantitative estimate of drug-likeness (QED) is 0.0428. The van der Waals surface area contributed by atoms with Gasteiger partial charge in [-0.2, -0.15) is 4.80 Å². The molecule has 1 aromatic rings. The van der Waals surface area contributed by atoms with Crippen LogP contribution in [0.15, 0.2) is 53.9 Å². The fourth-order valence-corrected chi connectivity index (χ4v) is 10.3. The largest absolute Gasteiger partial charge is 0.460 e. The van der Waals surface area contributed by atoms with Gasteiger partial charge in [0.1, 0.15) is 30.1 Å². The summed E-state index contributed by atoms with van der Waals surface area (Å²) in [5.74, 6) is -3.60. The molecule has 4 rings (SSSR count). The third kappa shape index (κ3) is 16.9. The number of Topliss-reactive ketones (excluding diaryl/α,β-unsaturated/α-hetero) is 3. The Kier molecular flexibility index (Phi) is 23.9. The highest BCUT2D eigenvalue weighted by Crippen LogP contribution is 2.38. The highest BCUT2D eigenvalue weighted by Gasteiger charge is 2.40. The van der Waals surface area contributed by atoms with Crippen LogP contribution in [0.4, 0.5) is 0 Å². The fourth-order valence-electron chi connectivity index (χ4n) is 10.3. The Morgan fingerprint density at radius 2 is 1.64 bits per heavy atom. The number of ether oxygens (including phenoxy) is 5. The fraction of sp³-hybridized carbons (Fsp3) is 0.736. The first-order chi connectivity index (χ1) is 33.3. The average molecular weight is 982 g/mol. The molecule has 0 spiro atoms. The first-order valence-corrected chi connectivity index (χ1v) is 25.4. The third-order valence-corrected chi connectivity index (χ3v) is 14.7. The number of piperidine rings is 1. The van der Waals surface area contributed by atoms with Crippen LogP contribution in [-0.2, 0) is 47.7 Å². The number of aliphatic hydroxyl groups excluding tert-OH is 2. The molecular weight excluding hydrogens is 899 g/mol. The Labute approximate surface area is 415 Å². The number of hydrogen-bond donors (Lipinski definition) is 2. The zero-order valence-electron chi connectivity index (χ0n) is 43.6. The lowest BCUT2D eigenvalue weighted by atomic mass is 9.77. The number of ketones is 3. The zero-order chi connectivity index (χ0) is 51.7. The highest BCUT2D eigenvalue weighted by molar-refractivity contribution is 6.35. The van der Waals surface area contributed by atoms with E-state index in [2.05, 4.69) is 15.4 Å². The van der Waals surface area contributed by atoms with Gasteiger partial charge in [0, 0.05) is 65.4 Å². The molecule has 17 heteroatoms. The normalized spacial score (nSPS) is 27.3. The van der Waals surface area contributed by atoms with Gasteiger partial charge < -0.3 is 38.8 Å². The number of carbonyl (C=O) groups excluding carboxylic acids is 5. The van der Waals surface area contributed by atoms with Gasteiger partial charge in [0.2, 0.25) is 5.78 Å². The lowest BCUT2D eigenvalue weighted by Crippen LogP contribution is -2.51. The van der Waals surface area contributed by atoms with Crippen LogP contribution < -0.4 is 0 Å². The molecular formula is C53H83N5O12. The standard InChI is InChI=1S/C53H83N5O12/c1-32(17-13-12-14-18-33(2)45(66-9)29-41-22-20-34(3)52(64)69-41)25-37(6)48(61)50(68-11)49(62)38(7)26-35(4)44(60)30-46(70-53(65)43-19-15-16-24-57(43)51(63)39(8)59)36(5)27-40-21-23-42(47(28-40)67-10)58-55-31-54-56-58/h12-14,17-18,26,31-32,34-37,40-43,45-47,49-50,52,62,64H,15-16,19-25,27-30H2,1-11H3/b14-12+,17-13+,33-18+,38-26+/t32-,34?,35?,36-,37?,40?,41+,42?,43?,45+,46+,47?,49-,50?,52?/m1/s1. The monoisotopic (exact) mass is 982 g/mol. The molecule has 1 aliphatic carbocycles. The predicted octanol–water partition coefficient (Wildman–Crippen LogP) is 6.68. The molecule has 15 atom stereocenters. The van der Waals surface area contributed by atoms with Gasteiger partial charge in [0.05, 0.1) is 24.4 Å². The molecule has 3 heterocycles. The Morgan fingerprint density at radius 3 is 2.29 bits per heavy atom. The molecule has 0 bridgehead atoms. The van der Waals surface area contributed by atoms with Crippen LogP contribution in [0, 0.1) is 35.5 Å². The van der Waals surface area contributed by atoms with Crippen molar-refractivity contribution in [2.45, 2.75) is 187 Å². The molecule has 3 fully saturated rings. The molecule has 1 saturated carbocycles. The van der Waals surface area contributed by atoms with Crippen LogP contribution >= 0.6 is 0 Å². The minimum Gasteiger partial charge on any atom is -0.460 e. The number of hydrogen-bond acceptors (Lipinski definition) is 15. The summed E-state index contributed by atoms with van der Waals surface area (Å²) >= 11 is 0. The summed E-state index contributed by atoms with van der Waals surface area (Å²) < 4.78 is 29.2. The van der Waals surface area contributed by atoms with Crippen molar-refractivity contribution in [3.8, 4) is 0 Å². The zero-order valence-corrected chi connectivity index (χ0v) is 43.6. The number of carbonyl (C=O) groups is 5. The lowest BCUT2D eigenvalue weighted by molar-refractivity contribution is -0.195. The summed E-state index contributed by atoms with van der Waals surface area (Å²) in [6.45, 7) is 14.6. The maximum Gasteiger partial charge on any atom is 0.329 e. The van der Waals surface area contributed by atoms with Crippen LogP contribution in [0.25, 0.3) is 0 Å². The Hall–Kier alpha value is -4.26. The summed E-state index contributed by atoms with van der Waals surface area (Å²) in [4.78, 5) is 69.6. The van der Waals surface area contributed by atoms with E-state index < -0.39 is 60.1 Å². The number of methoxy groups -OCH3 is 3. The number of allylic oxidation sites excluding steroid dienone is 6. The summed E-state index contributed by atoms with van der Waals surface area (Å²) in [5.41, 5.74) is 1.44. The number of likely N-dealkylation sites (tertiary alicyclic amines) is 1. The molecule has 3 aliphatic rings. The summed E-state index contributed by atoms with van der Waals surface area (Å²) in [7, 11) is 4.72. The molecule has 9 unspecified atom stereocenters. The second kappa shape index (κ2) is 28.7. The number of aromatic nitrogens is 4. The van der Waals surface area contributed by atoms with Crippen LogP contribution in [0.3, 0.4) is 0 Å². The molecule has 0 radical (unpaired) electrons. The molecule has 1 aromatic heterocycles. The molecule has 2 N–H and O–H groups in total. The second-order valence-electron chi connectivity index (χ2n) is 20.4. The van der Waals surface area contributed by atoms with Gasteiger partial charge >= 0.3 is 5.97 Å². The van der Waals surface area contributed by atoms with E-state index in [1.165, 1.54) is 25.3 Å². The van der Waals surface area contributed by atoms with Crippen molar-refractivity contribution in [1.29, 1.82) is 0 Å². The van der Waals surface area contributed by atoms with Crippen molar-refractivity contribution in [3.05, 3.63) is 53.9 Å². The van der Waals surface area contributed by atoms with Crippen molar-refractivity contribution in [2.75, 3.05) is 27.9 Å². The Bertz CT molecular complexity index is 1970. The summed E-state index contributed by atoms with van der Waals surface area (Å²) in [6.07, 6.45) is 15.9. The van der Waals surface area contributed by atoms with Crippen molar-refractivity contribution >= 4 is 29.2 Å². The molecule has 2 aliphatic heterocycles. The first kappa shape index (κ1) is 58.3. The van der Waals surface area contributed by atoms with E-state index in [9.17, 15) is 34.2 Å². The number of amides is 1. The molecule has 17 nitrogen and oxygen atoms in total. The average Bonchev–Trinajstić information content (AvgIpc) is 3.88.